The summed E-state index contributed by atoms with van der Waals surface area (Å²) in [7, 11) is 1.88. The molecule has 1 atom stereocenters. The van der Waals surface area contributed by atoms with Gasteiger partial charge >= 0.3 is 0 Å². The minimum atomic E-state index is -0.260. The molecule has 96 valence electrons. The van der Waals surface area contributed by atoms with Gasteiger partial charge in [0.15, 0.2) is 13.1 Å². The number of hydrogen-bond donors (Lipinski definition) is 1. The Labute approximate surface area is 118 Å². The number of halogens is 2. The van der Waals surface area contributed by atoms with E-state index in [1.165, 1.54) is 12.1 Å². The number of anilines is 1. The molecule has 2 aromatic carbocycles. The average molecular weight is 321 g/mol. The lowest BCUT2D eigenvalue weighted by Crippen LogP contribution is -1.98. The van der Waals surface area contributed by atoms with Crippen LogP contribution in [0.3, 0.4) is 0 Å². The van der Waals surface area contributed by atoms with Crippen LogP contribution in [-0.4, -0.2) is 11.7 Å². The van der Waals surface area contributed by atoms with E-state index in [0.717, 1.165) is 21.3 Å². The van der Waals surface area contributed by atoms with E-state index in [9.17, 15) is 4.39 Å². The maximum Gasteiger partial charge on any atom is 0.238 e. The zero-order chi connectivity index (χ0) is 13.6. The minimum Gasteiger partial charge on any atom is -0.398 e. The van der Waals surface area contributed by atoms with Crippen LogP contribution in [0.5, 0.6) is 0 Å². The largest absolute Gasteiger partial charge is 0.398 e. The molecular formula is C14H12BrFN3+. The van der Waals surface area contributed by atoms with Crippen molar-refractivity contribution in [2.45, 2.75) is 6.04 Å². The number of rotatable bonds is 1. The summed E-state index contributed by atoms with van der Waals surface area (Å²) in [6, 6.07) is 10.0. The maximum absolute atomic E-state index is 13.4. The second-order valence-corrected chi connectivity index (χ2v) is 5.29. The lowest BCUT2D eigenvalue weighted by Gasteiger charge is -2.08. The standard InChI is InChI=1S/C14H12BrFN3/c1-19-11-6-5-10(17)13(15)12(11)14(18-19)8-3-2-4-9(16)7-8/h2-7,14H,17H2,1H3/q+1. The summed E-state index contributed by atoms with van der Waals surface area (Å²) in [5.41, 5.74) is 9.36. The quantitative estimate of drug-likeness (QED) is 0.626. The summed E-state index contributed by atoms with van der Waals surface area (Å²) >= 11 is 3.51. The van der Waals surface area contributed by atoms with Crippen molar-refractivity contribution in [2.75, 3.05) is 12.8 Å². The highest BCUT2D eigenvalue weighted by atomic mass is 79.9. The first kappa shape index (κ1) is 12.3. The van der Waals surface area contributed by atoms with Gasteiger partial charge in [0.1, 0.15) is 5.82 Å². The Balaban J connectivity index is 2.20. The van der Waals surface area contributed by atoms with Gasteiger partial charge in [-0.05, 0) is 44.8 Å². The van der Waals surface area contributed by atoms with Gasteiger partial charge in [-0.1, -0.05) is 16.8 Å². The van der Waals surface area contributed by atoms with Crippen molar-refractivity contribution in [3.8, 4) is 0 Å². The third-order valence-electron chi connectivity index (χ3n) is 3.26. The lowest BCUT2D eigenvalue weighted by atomic mass is 9.98. The summed E-state index contributed by atoms with van der Waals surface area (Å²) < 4.78 is 16.0. The topological polar surface area (TPSA) is 41.4 Å². The molecule has 1 aliphatic rings. The number of azo groups is 2. The molecular weight excluding hydrogens is 309 g/mol. The number of nitrogens with zero attached hydrogens (tertiary/aromatic N) is 2. The van der Waals surface area contributed by atoms with Crippen LogP contribution < -0.4 is 5.73 Å². The number of fused-ring (bicyclic) bond motifs is 1. The fraction of sp³-hybridized carbons (Fsp3) is 0.143. The van der Waals surface area contributed by atoms with Crippen molar-refractivity contribution in [2.24, 2.45) is 5.11 Å². The van der Waals surface area contributed by atoms with Crippen LogP contribution >= 0.6 is 15.9 Å². The summed E-state index contributed by atoms with van der Waals surface area (Å²) in [6.07, 6.45) is 0. The summed E-state index contributed by atoms with van der Waals surface area (Å²) in [5.74, 6) is -0.260. The zero-order valence-corrected chi connectivity index (χ0v) is 11.9. The van der Waals surface area contributed by atoms with Gasteiger partial charge in [0.2, 0.25) is 5.69 Å². The molecule has 2 N–H and O–H groups in total. The van der Waals surface area contributed by atoms with E-state index in [2.05, 4.69) is 21.0 Å². The van der Waals surface area contributed by atoms with Crippen molar-refractivity contribution >= 4 is 27.3 Å². The predicted molar refractivity (Wildman–Crippen MR) is 75.1 cm³/mol. The zero-order valence-electron chi connectivity index (χ0n) is 10.3. The van der Waals surface area contributed by atoms with Gasteiger partial charge in [-0.15, -0.1) is 0 Å². The highest BCUT2D eigenvalue weighted by Crippen LogP contribution is 2.44. The van der Waals surface area contributed by atoms with Crippen LogP contribution in [0, 0.1) is 5.82 Å². The molecule has 0 saturated heterocycles. The van der Waals surface area contributed by atoms with Gasteiger partial charge in [-0.3, -0.25) is 0 Å². The van der Waals surface area contributed by atoms with Crippen molar-refractivity contribution in [3.63, 3.8) is 0 Å². The number of nitrogen functional groups attached to an aromatic ring is 1. The van der Waals surface area contributed by atoms with Crippen LogP contribution in [-0.2, 0) is 0 Å². The first-order valence-electron chi connectivity index (χ1n) is 5.86. The molecule has 0 fully saturated rings. The van der Waals surface area contributed by atoms with Crippen LogP contribution in [0.4, 0.5) is 15.8 Å². The predicted octanol–water partition coefficient (Wildman–Crippen LogP) is 4.00. The van der Waals surface area contributed by atoms with E-state index in [4.69, 9.17) is 5.73 Å². The molecule has 1 unspecified atom stereocenters. The molecule has 0 spiro atoms. The van der Waals surface area contributed by atoms with Gasteiger partial charge in [0.25, 0.3) is 0 Å². The van der Waals surface area contributed by atoms with E-state index in [1.807, 2.05) is 25.2 Å². The SMILES string of the molecule is C[N+]1=NC(c2cccc(F)c2)c2c1ccc(N)c2Br. The van der Waals surface area contributed by atoms with Crippen molar-refractivity contribution in [1.82, 2.24) is 0 Å². The van der Waals surface area contributed by atoms with E-state index in [0.29, 0.717) is 5.69 Å². The van der Waals surface area contributed by atoms with Crippen LogP contribution in [0.25, 0.3) is 0 Å². The van der Waals surface area contributed by atoms with Gasteiger partial charge < -0.3 is 5.73 Å². The van der Waals surface area contributed by atoms with Gasteiger partial charge in [-0.25, -0.2) is 4.39 Å². The fourth-order valence-corrected chi connectivity index (χ4v) is 2.90. The Morgan fingerprint density at radius 2 is 2.11 bits per heavy atom. The molecule has 0 aromatic heterocycles. The first-order valence-corrected chi connectivity index (χ1v) is 6.65. The Kier molecular flexibility index (Phi) is 2.86. The highest BCUT2D eigenvalue weighted by Gasteiger charge is 2.34. The summed E-state index contributed by atoms with van der Waals surface area (Å²) in [6.45, 7) is 0. The Morgan fingerprint density at radius 1 is 1.32 bits per heavy atom. The highest BCUT2D eigenvalue weighted by molar-refractivity contribution is 9.10. The smallest absolute Gasteiger partial charge is 0.238 e. The van der Waals surface area contributed by atoms with E-state index < -0.39 is 0 Å². The van der Waals surface area contributed by atoms with Crippen molar-refractivity contribution in [3.05, 3.63) is 57.8 Å². The van der Waals surface area contributed by atoms with Crippen LogP contribution in [0.1, 0.15) is 17.2 Å². The molecule has 3 nitrogen and oxygen atoms in total. The molecule has 2 aromatic rings. The van der Waals surface area contributed by atoms with Crippen LogP contribution in [0.15, 0.2) is 46.0 Å². The van der Waals surface area contributed by atoms with E-state index >= 15 is 0 Å². The lowest BCUT2D eigenvalue weighted by molar-refractivity contribution is -0.477. The monoisotopic (exact) mass is 320 g/mol. The van der Waals surface area contributed by atoms with Gasteiger partial charge in [0, 0.05) is 11.8 Å². The molecule has 1 aliphatic heterocycles. The second kappa shape index (κ2) is 4.42. The molecule has 0 saturated carbocycles. The summed E-state index contributed by atoms with van der Waals surface area (Å²) in [5, 5.41) is 4.55. The third-order valence-corrected chi connectivity index (χ3v) is 4.15. The Morgan fingerprint density at radius 3 is 2.84 bits per heavy atom. The molecule has 0 bridgehead atoms. The minimum absolute atomic E-state index is 0.228. The number of nitrogens with two attached hydrogens (primary N) is 1. The Bertz CT molecular complexity index is 697. The average Bonchev–Trinajstić information content (AvgIpc) is 2.72. The number of benzene rings is 2. The summed E-state index contributed by atoms with van der Waals surface area (Å²) in [4.78, 5) is 0. The Hall–Kier alpha value is -1.75. The van der Waals surface area contributed by atoms with Gasteiger partial charge in [-0.2, -0.15) is 0 Å². The van der Waals surface area contributed by atoms with E-state index in [-0.39, 0.29) is 11.9 Å². The van der Waals surface area contributed by atoms with E-state index in [1.54, 1.807) is 10.8 Å². The normalized spacial score (nSPS) is 17.2. The van der Waals surface area contributed by atoms with Crippen LogP contribution in [0.2, 0.25) is 0 Å². The molecule has 3 rings (SSSR count). The molecule has 19 heavy (non-hydrogen) atoms. The van der Waals surface area contributed by atoms with Crippen molar-refractivity contribution < 1.29 is 9.09 Å². The molecule has 1 heterocycles. The fourth-order valence-electron chi connectivity index (χ4n) is 2.35. The number of hydrogen-bond acceptors (Lipinski definition) is 2. The van der Waals surface area contributed by atoms with Crippen molar-refractivity contribution in [1.29, 1.82) is 0 Å². The maximum atomic E-state index is 13.4. The first-order chi connectivity index (χ1) is 9.08. The molecule has 0 amide bonds. The third kappa shape index (κ3) is 1.94. The second-order valence-electron chi connectivity index (χ2n) is 4.50. The molecule has 0 radical (unpaired) electrons. The molecule has 5 heteroatoms. The van der Waals surface area contributed by atoms with Gasteiger partial charge in [0.05, 0.1) is 10.0 Å². The molecule has 0 aliphatic carbocycles.